The minimum absolute atomic E-state index is 0.0320. The molecule has 0 fully saturated rings. The summed E-state index contributed by atoms with van der Waals surface area (Å²) in [6.45, 7) is 14.4. The largest absolute Gasteiger partial charge is 0.444 e. The Morgan fingerprint density at radius 3 is 2.24 bits per heavy atom. The summed E-state index contributed by atoms with van der Waals surface area (Å²) in [4.78, 5) is 49.7. The molecular weight excluding hydrogens is 576 g/mol. The molecule has 2 heterocycles. The van der Waals surface area contributed by atoms with Crippen molar-refractivity contribution in [1.29, 1.82) is 0 Å². The van der Waals surface area contributed by atoms with Gasteiger partial charge in [0.25, 0.3) is 0 Å². The quantitative estimate of drug-likeness (QED) is 0.227. The van der Waals surface area contributed by atoms with Crippen molar-refractivity contribution >= 4 is 40.7 Å². The Bertz CT molecular complexity index is 1100. The number of amides is 4. The lowest BCUT2D eigenvalue weighted by atomic mass is 10.0. The molecular formula is C29H48N6O5S2. The molecule has 0 saturated heterocycles. The maximum atomic E-state index is 13.4. The number of urea groups is 1. The summed E-state index contributed by atoms with van der Waals surface area (Å²) in [6.07, 6.45) is 3.93. The Morgan fingerprint density at radius 1 is 1.02 bits per heavy atom. The molecule has 4 amide bonds. The minimum atomic E-state index is -0.878. The van der Waals surface area contributed by atoms with Crippen LogP contribution in [0.15, 0.2) is 17.1 Å². The fourth-order valence-electron chi connectivity index (χ4n) is 3.87. The number of alkyl carbamates (subject to hydrolysis) is 1. The number of hydrogen-bond acceptors (Lipinski definition) is 9. The lowest BCUT2D eigenvalue weighted by Crippen LogP contribution is -2.54. The van der Waals surface area contributed by atoms with E-state index in [-0.39, 0.29) is 37.2 Å². The van der Waals surface area contributed by atoms with Gasteiger partial charge in [0.15, 0.2) is 0 Å². The summed E-state index contributed by atoms with van der Waals surface area (Å²) in [5.74, 6) is 0.0111. The molecule has 0 aliphatic carbocycles. The van der Waals surface area contributed by atoms with Gasteiger partial charge in [-0.2, -0.15) is 0 Å². The molecule has 0 aromatic carbocycles. The van der Waals surface area contributed by atoms with Gasteiger partial charge in [0.2, 0.25) is 5.91 Å². The molecule has 3 unspecified atom stereocenters. The van der Waals surface area contributed by atoms with Crippen LogP contribution in [-0.4, -0.2) is 70.3 Å². The van der Waals surface area contributed by atoms with Gasteiger partial charge in [-0.1, -0.05) is 27.7 Å². The molecule has 0 saturated carbocycles. The molecule has 3 atom stereocenters. The van der Waals surface area contributed by atoms with Crippen molar-refractivity contribution in [3.8, 4) is 0 Å². The molecule has 0 radical (unpaired) electrons. The lowest BCUT2D eigenvalue weighted by Gasteiger charge is -2.28. The summed E-state index contributed by atoms with van der Waals surface area (Å²) in [5.41, 5.74) is 2.02. The number of hydrogen-bond donors (Lipinski definition) is 3. The number of thiazole rings is 2. The molecule has 2 rings (SSSR count). The fraction of sp³-hybridized carbons (Fsp3) is 0.690. The van der Waals surface area contributed by atoms with Crippen molar-refractivity contribution in [2.75, 3.05) is 13.7 Å². The van der Waals surface area contributed by atoms with E-state index in [2.05, 4.69) is 39.8 Å². The van der Waals surface area contributed by atoms with Gasteiger partial charge in [-0.3, -0.25) is 9.78 Å². The predicted molar refractivity (Wildman–Crippen MR) is 167 cm³/mol. The van der Waals surface area contributed by atoms with Crippen LogP contribution in [0.4, 0.5) is 9.59 Å². The third-order valence-corrected chi connectivity index (χ3v) is 8.40. The van der Waals surface area contributed by atoms with Gasteiger partial charge in [-0.15, -0.1) is 22.7 Å². The third-order valence-electron chi connectivity index (χ3n) is 6.45. The Kier molecular flexibility index (Phi) is 14.7. The zero-order valence-electron chi connectivity index (χ0n) is 26.2. The van der Waals surface area contributed by atoms with Crippen LogP contribution in [0.1, 0.15) is 95.6 Å². The number of carbonyl (C=O) groups is 3. The van der Waals surface area contributed by atoms with Gasteiger partial charge in [0, 0.05) is 36.6 Å². The Hall–Kier alpha value is -2.77. The monoisotopic (exact) mass is 624 g/mol. The second-order valence-corrected chi connectivity index (χ2v) is 13.5. The Balaban J connectivity index is 1.94. The zero-order valence-corrected chi connectivity index (χ0v) is 27.8. The second kappa shape index (κ2) is 17.4. The van der Waals surface area contributed by atoms with Crippen LogP contribution in [0.3, 0.4) is 0 Å². The fourth-order valence-corrected chi connectivity index (χ4v) is 5.20. The van der Waals surface area contributed by atoms with Crippen LogP contribution in [0.25, 0.3) is 0 Å². The number of carbonyl (C=O) groups excluding carboxylic acids is 3. The zero-order chi connectivity index (χ0) is 31.3. The average Bonchev–Trinajstić information content (AvgIpc) is 3.63. The second-order valence-electron chi connectivity index (χ2n) is 11.6. The molecule has 3 N–H and O–H groups in total. The maximum absolute atomic E-state index is 13.4. The number of nitrogens with one attached hydrogen (secondary N) is 3. The van der Waals surface area contributed by atoms with E-state index in [9.17, 15) is 14.4 Å². The molecule has 2 aromatic rings. The van der Waals surface area contributed by atoms with Crippen molar-refractivity contribution in [2.45, 2.75) is 117 Å². The summed E-state index contributed by atoms with van der Waals surface area (Å²) < 4.78 is 11.2. The van der Waals surface area contributed by atoms with Gasteiger partial charge in [-0.25, -0.2) is 14.6 Å². The summed E-state index contributed by atoms with van der Waals surface area (Å²) in [7, 11) is 1.68. The summed E-state index contributed by atoms with van der Waals surface area (Å²) >= 11 is 3.01. The highest BCUT2D eigenvalue weighted by molar-refractivity contribution is 7.09. The van der Waals surface area contributed by atoms with E-state index in [1.54, 1.807) is 30.1 Å². The lowest BCUT2D eigenvalue weighted by molar-refractivity contribution is -0.126. The smallest absolute Gasteiger partial charge is 0.407 e. The highest BCUT2D eigenvalue weighted by Gasteiger charge is 2.27. The minimum Gasteiger partial charge on any atom is -0.444 e. The van der Waals surface area contributed by atoms with Crippen LogP contribution in [0.2, 0.25) is 0 Å². The van der Waals surface area contributed by atoms with E-state index in [1.807, 2.05) is 40.0 Å². The van der Waals surface area contributed by atoms with Crippen LogP contribution < -0.4 is 16.0 Å². The first-order valence-corrected chi connectivity index (χ1v) is 16.3. The first-order chi connectivity index (χ1) is 19.8. The van der Waals surface area contributed by atoms with Crippen LogP contribution in [0.5, 0.6) is 0 Å². The van der Waals surface area contributed by atoms with Gasteiger partial charge in [0.05, 0.1) is 39.8 Å². The molecule has 236 valence electrons. The Morgan fingerprint density at radius 2 is 1.69 bits per heavy atom. The van der Waals surface area contributed by atoms with Gasteiger partial charge < -0.3 is 30.3 Å². The van der Waals surface area contributed by atoms with Crippen LogP contribution in [0, 0.1) is 0 Å². The van der Waals surface area contributed by atoms with E-state index in [1.165, 1.54) is 16.2 Å². The topological polar surface area (TPSA) is 135 Å². The molecule has 13 heteroatoms. The molecule has 0 aliphatic heterocycles. The van der Waals surface area contributed by atoms with Crippen LogP contribution in [-0.2, 0) is 27.4 Å². The molecule has 42 heavy (non-hydrogen) atoms. The standard InChI is InChI=1S/C29H48N6O5S2/c1-9-20(11-12-21(10-2)33-28(38)39-15-23-13-30-18-42-23)31-25(36)24(16-40-29(5,6)7)34-27(37)35(8)14-22-17-41-26(32-22)19(3)4/h13,17-21,24H,9-12,14-16H2,1-8H3,(H,31,36)(H,33,38)(H,34,37). The maximum Gasteiger partial charge on any atom is 0.407 e. The van der Waals surface area contributed by atoms with E-state index in [0.717, 1.165) is 22.0 Å². The normalized spacial score (nSPS) is 13.7. The van der Waals surface area contributed by atoms with Crippen molar-refractivity contribution < 1.29 is 23.9 Å². The number of ether oxygens (including phenoxy) is 2. The molecule has 0 bridgehead atoms. The van der Waals surface area contributed by atoms with E-state index < -0.39 is 17.7 Å². The van der Waals surface area contributed by atoms with E-state index in [4.69, 9.17) is 9.47 Å². The Labute approximate surface area is 258 Å². The average molecular weight is 625 g/mol. The van der Waals surface area contributed by atoms with Gasteiger partial charge in [0.1, 0.15) is 12.6 Å². The molecule has 0 spiro atoms. The highest BCUT2D eigenvalue weighted by Crippen LogP contribution is 2.20. The van der Waals surface area contributed by atoms with Crippen molar-refractivity contribution in [2.24, 2.45) is 0 Å². The van der Waals surface area contributed by atoms with E-state index >= 15 is 0 Å². The SMILES string of the molecule is CCC(CCC(CC)NC(=O)C(COC(C)(C)C)NC(=O)N(C)Cc1csc(C(C)C)n1)NC(=O)OCc1cncs1. The predicted octanol–water partition coefficient (Wildman–Crippen LogP) is 5.43. The molecule has 0 aliphatic rings. The first kappa shape index (κ1) is 35.4. The number of rotatable bonds is 16. The third kappa shape index (κ3) is 13.0. The van der Waals surface area contributed by atoms with Gasteiger partial charge in [-0.05, 0) is 46.5 Å². The molecule has 11 nitrogen and oxygen atoms in total. The number of nitrogens with zero attached hydrogens (tertiary/aromatic N) is 3. The van der Waals surface area contributed by atoms with Crippen LogP contribution >= 0.6 is 22.7 Å². The number of aromatic nitrogens is 2. The first-order valence-electron chi connectivity index (χ1n) is 14.5. The highest BCUT2D eigenvalue weighted by atomic mass is 32.1. The molecule has 2 aromatic heterocycles. The summed E-state index contributed by atoms with van der Waals surface area (Å²) in [5, 5.41) is 11.8. The van der Waals surface area contributed by atoms with Crippen molar-refractivity contribution in [3.63, 3.8) is 0 Å². The van der Waals surface area contributed by atoms with Crippen molar-refractivity contribution in [1.82, 2.24) is 30.8 Å². The van der Waals surface area contributed by atoms with Crippen molar-refractivity contribution in [3.05, 3.63) is 32.7 Å². The summed E-state index contributed by atoms with van der Waals surface area (Å²) in [6, 6.07) is -1.50. The van der Waals surface area contributed by atoms with E-state index in [0.29, 0.717) is 31.7 Å². The van der Waals surface area contributed by atoms with Gasteiger partial charge >= 0.3 is 12.1 Å².